The molecule has 70 valence electrons. The van der Waals surface area contributed by atoms with Crippen LogP contribution in [0.3, 0.4) is 0 Å². The zero-order valence-electron chi connectivity index (χ0n) is 9.15. The van der Waals surface area contributed by atoms with E-state index >= 15 is 0 Å². The average molecular weight is 167 g/mol. The number of aromatic nitrogens is 1. The third kappa shape index (κ3) is 2.40. The van der Waals surface area contributed by atoms with Crippen molar-refractivity contribution in [2.24, 2.45) is 0 Å². The van der Waals surface area contributed by atoms with Crippen molar-refractivity contribution >= 4 is 0 Å². The molecule has 0 saturated carbocycles. The fraction of sp³-hybridized carbons (Fsp3) is 0.636. The van der Waals surface area contributed by atoms with Crippen molar-refractivity contribution in [1.29, 1.82) is 0 Å². The second kappa shape index (κ2) is 5.02. The molecule has 0 atom stereocenters. The Balaban J connectivity index is 0.000000561. The van der Waals surface area contributed by atoms with Crippen LogP contribution in [0.5, 0.6) is 0 Å². The van der Waals surface area contributed by atoms with E-state index in [1.165, 1.54) is 16.8 Å². The van der Waals surface area contributed by atoms with Crippen molar-refractivity contribution in [2.45, 2.75) is 47.5 Å². The van der Waals surface area contributed by atoms with Crippen molar-refractivity contribution in [1.82, 2.24) is 4.98 Å². The smallest absolute Gasteiger partial charge is 0.0148 e. The molecule has 0 saturated heterocycles. The lowest BCUT2D eigenvalue weighted by Gasteiger charge is -2.02. The van der Waals surface area contributed by atoms with Gasteiger partial charge in [0.1, 0.15) is 0 Å². The van der Waals surface area contributed by atoms with Crippen molar-refractivity contribution in [2.75, 3.05) is 0 Å². The Bertz CT molecular complexity index is 221. The monoisotopic (exact) mass is 167 g/mol. The topological polar surface area (TPSA) is 15.8 Å². The van der Waals surface area contributed by atoms with E-state index in [0.717, 1.165) is 0 Å². The van der Waals surface area contributed by atoms with E-state index in [9.17, 15) is 0 Å². The van der Waals surface area contributed by atoms with Gasteiger partial charge in [-0.15, -0.1) is 0 Å². The minimum Gasteiger partial charge on any atom is -0.365 e. The summed E-state index contributed by atoms with van der Waals surface area (Å²) in [6, 6.07) is 0. The quantitative estimate of drug-likeness (QED) is 0.655. The Labute approximate surface area is 76.2 Å². The van der Waals surface area contributed by atoms with E-state index in [2.05, 4.69) is 38.9 Å². The van der Waals surface area contributed by atoms with Crippen LogP contribution in [0.15, 0.2) is 6.20 Å². The summed E-state index contributed by atoms with van der Waals surface area (Å²) in [5, 5.41) is 0. The van der Waals surface area contributed by atoms with Gasteiger partial charge in [-0.2, -0.15) is 0 Å². The highest BCUT2D eigenvalue weighted by Crippen LogP contribution is 2.20. The van der Waals surface area contributed by atoms with Crippen LogP contribution in [0.2, 0.25) is 0 Å². The summed E-state index contributed by atoms with van der Waals surface area (Å²) >= 11 is 0. The minimum absolute atomic E-state index is 0.643. The third-order valence-electron chi connectivity index (χ3n) is 2.06. The highest BCUT2D eigenvalue weighted by molar-refractivity contribution is 5.30. The molecule has 0 amide bonds. The van der Waals surface area contributed by atoms with Crippen molar-refractivity contribution in [3.8, 4) is 0 Å². The summed E-state index contributed by atoms with van der Waals surface area (Å²) in [4.78, 5) is 3.22. The molecule has 0 aliphatic carbocycles. The predicted octanol–water partition coefficient (Wildman–Crippen LogP) is 3.78. The molecule has 0 aromatic carbocycles. The number of rotatable bonds is 1. The average Bonchev–Trinajstić information content (AvgIpc) is 2.37. The number of H-pyrrole nitrogens is 1. The second-order valence-electron chi connectivity index (χ2n) is 3.15. The van der Waals surface area contributed by atoms with Gasteiger partial charge in [0.2, 0.25) is 0 Å². The minimum atomic E-state index is 0.643. The molecular weight excluding hydrogens is 146 g/mol. The van der Waals surface area contributed by atoms with Crippen molar-refractivity contribution in [3.63, 3.8) is 0 Å². The molecule has 1 N–H and O–H groups in total. The van der Waals surface area contributed by atoms with Crippen LogP contribution in [0, 0.1) is 13.8 Å². The first-order valence-corrected chi connectivity index (χ1v) is 4.77. The maximum atomic E-state index is 3.22. The Kier molecular flexibility index (Phi) is 4.72. The van der Waals surface area contributed by atoms with Crippen LogP contribution in [0.1, 0.15) is 50.4 Å². The first kappa shape index (κ1) is 11.3. The molecule has 1 heteroatoms. The highest BCUT2D eigenvalue weighted by Gasteiger charge is 2.05. The van der Waals surface area contributed by atoms with E-state index in [0.29, 0.717) is 5.92 Å². The Hall–Kier alpha value is -0.720. The maximum absolute atomic E-state index is 3.22. The SMILES string of the molecule is CC.Cc1[nH]cc(C(C)C)c1C. The summed E-state index contributed by atoms with van der Waals surface area (Å²) in [7, 11) is 0. The van der Waals surface area contributed by atoms with Gasteiger partial charge in [-0.1, -0.05) is 27.7 Å². The molecule has 0 fully saturated rings. The van der Waals surface area contributed by atoms with Crippen molar-refractivity contribution < 1.29 is 0 Å². The number of nitrogens with one attached hydrogen (secondary N) is 1. The van der Waals surface area contributed by atoms with Crippen LogP contribution in [-0.2, 0) is 0 Å². The zero-order chi connectivity index (χ0) is 9.72. The highest BCUT2D eigenvalue weighted by atomic mass is 14.7. The first-order chi connectivity index (χ1) is 5.63. The van der Waals surface area contributed by atoms with E-state index in [4.69, 9.17) is 0 Å². The van der Waals surface area contributed by atoms with E-state index in [-0.39, 0.29) is 0 Å². The van der Waals surface area contributed by atoms with Gasteiger partial charge in [0.05, 0.1) is 0 Å². The summed E-state index contributed by atoms with van der Waals surface area (Å²) < 4.78 is 0. The second-order valence-corrected chi connectivity index (χ2v) is 3.15. The Morgan fingerprint density at radius 3 is 1.83 bits per heavy atom. The summed E-state index contributed by atoms with van der Waals surface area (Å²) in [5.74, 6) is 0.643. The van der Waals surface area contributed by atoms with Gasteiger partial charge in [-0.25, -0.2) is 0 Å². The number of hydrogen-bond donors (Lipinski definition) is 1. The molecular formula is C11H21N. The molecule has 0 aliphatic heterocycles. The number of hydrogen-bond acceptors (Lipinski definition) is 0. The lowest BCUT2D eigenvalue weighted by atomic mass is 10.0. The van der Waals surface area contributed by atoms with Crippen LogP contribution < -0.4 is 0 Å². The number of aryl methyl sites for hydroxylation is 1. The molecule has 1 rings (SSSR count). The lowest BCUT2D eigenvalue weighted by molar-refractivity contribution is 0.860. The molecule has 12 heavy (non-hydrogen) atoms. The molecule has 1 nitrogen and oxygen atoms in total. The molecule has 0 bridgehead atoms. The molecule has 0 aliphatic rings. The molecule has 0 radical (unpaired) electrons. The van der Waals surface area contributed by atoms with E-state index in [1.54, 1.807) is 0 Å². The van der Waals surface area contributed by atoms with Gasteiger partial charge >= 0.3 is 0 Å². The van der Waals surface area contributed by atoms with Gasteiger partial charge in [0.15, 0.2) is 0 Å². The molecule has 0 spiro atoms. The van der Waals surface area contributed by atoms with Gasteiger partial charge in [-0.3, -0.25) is 0 Å². The number of aromatic amines is 1. The van der Waals surface area contributed by atoms with Gasteiger partial charge < -0.3 is 4.98 Å². The van der Waals surface area contributed by atoms with Gasteiger partial charge in [-0.05, 0) is 30.9 Å². The maximum Gasteiger partial charge on any atom is 0.0148 e. The molecule has 1 aromatic heterocycles. The largest absolute Gasteiger partial charge is 0.365 e. The van der Waals surface area contributed by atoms with E-state index < -0.39 is 0 Å². The van der Waals surface area contributed by atoms with Gasteiger partial charge in [0.25, 0.3) is 0 Å². The van der Waals surface area contributed by atoms with Gasteiger partial charge in [0, 0.05) is 11.9 Å². The lowest BCUT2D eigenvalue weighted by Crippen LogP contribution is -1.86. The summed E-state index contributed by atoms with van der Waals surface area (Å²) in [6.45, 7) is 12.7. The van der Waals surface area contributed by atoms with Crippen LogP contribution in [0.4, 0.5) is 0 Å². The predicted molar refractivity (Wildman–Crippen MR) is 55.7 cm³/mol. The normalized spacial score (nSPS) is 9.58. The van der Waals surface area contributed by atoms with Crippen molar-refractivity contribution in [3.05, 3.63) is 23.0 Å². The molecule has 0 unspecified atom stereocenters. The Morgan fingerprint density at radius 1 is 1.17 bits per heavy atom. The first-order valence-electron chi connectivity index (χ1n) is 4.77. The van der Waals surface area contributed by atoms with Crippen LogP contribution >= 0.6 is 0 Å². The zero-order valence-corrected chi connectivity index (χ0v) is 9.15. The van der Waals surface area contributed by atoms with Crippen LogP contribution in [-0.4, -0.2) is 4.98 Å². The van der Waals surface area contributed by atoms with Crippen LogP contribution in [0.25, 0.3) is 0 Å². The summed E-state index contributed by atoms with van der Waals surface area (Å²) in [5.41, 5.74) is 4.15. The standard InChI is InChI=1S/C9H15N.C2H6/c1-6(2)9-5-10-8(4)7(9)3;1-2/h5-6,10H,1-4H3;1-2H3. The molecule has 1 heterocycles. The fourth-order valence-electron chi connectivity index (χ4n) is 1.22. The molecule has 1 aromatic rings. The third-order valence-corrected chi connectivity index (χ3v) is 2.06. The Morgan fingerprint density at radius 2 is 1.67 bits per heavy atom. The fourth-order valence-corrected chi connectivity index (χ4v) is 1.22. The summed E-state index contributed by atoms with van der Waals surface area (Å²) in [6.07, 6.45) is 2.11. The van der Waals surface area contributed by atoms with E-state index in [1.807, 2.05) is 13.8 Å².